The Kier molecular flexibility index (Phi) is 8.54. The number of likely N-dealkylation sites (tertiary alicyclic amines) is 2. The fraction of sp³-hybridized carbons (Fsp3) is 0.667. The van der Waals surface area contributed by atoms with E-state index in [1.54, 1.807) is 50.0 Å². The van der Waals surface area contributed by atoms with Gasteiger partial charge in [-0.3, -0.25) is 9.59 Å². The number of likely N-dealkylation sites (N-methyl/N-ethyl adjacent to an activating group) is 1. The summed E-state index contributed by atoms with van der Waals surface area (Å²) in [6.45, 7) is 10.5. The fourth-order valence-corrected chi connectivity index (χ4v) is 5.28. The maximum Gasteiger partial charge on any atom is 0.320 e. The molecule has 10 heteroatoms. The molecule has 1 aromatic rings. The van der Waals surface area contributed by atoms with E-state index in [4.69, 9.17) is 4.74 Å². The molecule has 1 aromatic carbocycles. The third kappa shape index (κ3) is 5.90. The Balaban J connectivity index is 1.92. The summed E-state index contributed by atoms with van der Waals surface area (Å²) < 4.78 is 19.7. The van der Waals surface area contributed by atoms with Crippen LogP contribution < -0.4 is 10.6 Å². The van der Waals surface area contributed by atoms with Gasteiger partial charge in [0.05, 0.1) is 36.9 Å². The predicted octanol–water partition coefficient (Wildman–Crippen LogP) is 2.21. The zero-order chi connectivity index (χ0) is 27.7. The second-order valence-electron chi connectivity index (χ2n) is 11.7. The molecule has 2 fully saturated rings. The number of hydrogen-bond donors (Lipinski definition) is 2. The molecule has 0 saturated carbocycles. The van der Waals surface area contributed by atoms with Crippen molar-refractivity contribution in [1.82, 2.24) is 25.3 Å². The number of carbonyl (C=O) groups is 3. The normalized spacial score (nSPS) is 25.0. The number of nitrogens with one attached hydrogen (secondary N) is 2. The molecule has 206 valence electrons. The van der Waals surface area contributed by atoms with E-state index in [2.05, 4.69) is 10.6 Å². The second kappa shape index (κ2) is 10.9. The van der Waals surface area contributed by atoms with Crippen molar-refractivity contribution >= 4 is 17.8 Å². The molecule has 0 radical (unpaired) electrons. The van der Waals surface area contributed by atoms with Gasteiger partial charge >= 0.3 is 6.03 Å². The van der Waals surface area contributed by atoms with Gasteiger partial charge in [0.15, 0.2) is 0 Å². The molecule has 37 heavy (non-hydrogen) atoms. The first kappa shape index (κ1) is 28.8. The molecule has 2 aliphatic heterocycles. The highest BCUT2D eigenvalue weighted by Gasteiger charge is 2.61. The van der Waals surface area contributed by atoms with E-state index in [1.807, 2.05) is 27.7 Å². The summed E-state index contributed by atoms with van der Waals surface area (Å²) >= 11 is 0. The van der Waals surface area contributed by atoms with Crippen LogP contribution in [-0.4, -0.2) is 96.5 Å². The van der Waals surface area contributed by atoms with Crippen molar-refractivity contribution in [2.24, 2.45) is 5.41 Å². The first-order chi connectivity index (χ1) is 17.2. The van der Waals surface area contributed by atoms with Crippen LogP contribution >= 0.6 is 0 Å². The first-order valence-electron chi connectivity index (χ1n) is 12.8. The summed E-state index contributed by atoms with van der Waals surface area (Å²) in [4.78, 5) is 45.1. The minimum absolute atomic E-state index is 0.141. The minimum atomic E-state index is -0.755. The van der Waals surface area contributed by atoms with Crippen LogP contribution in [0.25, 0.3) is 0 Å². The monoisotopic (exact) mass is 519 g/mol. The molecule has 2 aliphatic rings. The number of hydrogen-bond acceptors (Lipinski definition) is 5. The van der Waals surface area contributed by atoms with Crippen LogP contribution in [0.5, 0.6) is 0 Å². The summed E-state index contributed by atoms with van der Waals surface area (Å²) in [6.07, 6.45) is 0.148. The van der Waals surface area contributed by atoms with E-state index in [0.717, 1.165) is 5.56 Å². The number of urea groups is 1. The van der Waals surface area contributed by atoms with Crippen LogP contribution in [0.4, 0.5) is 9.18 Å². The lowest BCUT2D eigenvalue weighted by molar-refractivity contribution is -0.143. The van der Waals surface area contributed by atoms with Gasteiger partial charge < -0.3 is 30.1 Å². The van der Waals surface area contributed by atoms with Crippen molar-refractivity contribution in [3.8, 4) is 0 Å². The van der Waals surface area contributed by atoms with Gasteiger partial charge in [0.25, 0.3) is 0 Å². The van der Waals surface area contributed by atoms with E-state index >= 15 is 0 Å². The molecule has 0 spiro atoms. The van der Waals surface area contributed by atoms with Gasteiger partial charge in [-0.05, 0) is 50.4 Å². The topological polar surface area (TPSA) is 94.2 Å². The summed E-state index contributed by atoms with van der Waals surface area (Å²) in [7, 11) is 5.11. The fourth-order valence-electron chi connectivity index (χ4n) is 5.28. The van der Waals surface area contributed by atoms with Crippen molar-refractivity contribution in [2.45, 2.75) is 77.4 Å². The molecular formula is C27H42FN5O4. The van der Waals surface area contributed by atoms with Gasteiger partial charge in [0, 0.05) is 20.6 Å². The lowest BCUT2D eigenvalue weighted by Crippen LogP contribution is -2.61. The number of nitrogens with zero attached hydrogens (tertiary/aromatic N) is 3. The van der Waals surface area contributed by atoms with Crippen LogP contribution in [0.1, 0.15) is 46.6 Å². The number of benzene rings is 1. The highest BCUT2D eigenvalue weighted by Crippen LogP contribution is 2.44. The minimum Gasteiger partial charge on any atom is -0.369 e. The number of rotatable bonds is 7. The zero-order valence-corrected chi connectivity index (χ0v) is 23.3. The smallest absolute Gasteiger partial charge is 0.320 e. The molecule has 0 bridgehead atoms. The van der Waals surface area contributed by atoms with Crippen LogP contribution in [0, 0.1) is 11.2 Å². The SMILES string of the molecule is CN[C@@H](C)C(=O)N[C@H](C(=O)N1CC[C@]2(C)C1[C@@H](OCc1ccc(F)cc1)CN2C(=O)N(C)C)C(C)(C)C. The van der Waals surface area contributed by atoms with E-state index in [0.29, 0.717) is 19.5 Å². The quantitative estimate of drug-likeness (QED) is 0.576. The molecule has 0 aliphatic carbocycles. The van der Waals surface area contributed by atoms with Gasteiger partial charge in [0.1, 0.15) is 11.9 Å². The molecule has 2 heterocycles. The second-order valence-corrected chi connectivity index (χ2v) is 11.7. The largest absolute Gasteiger partial charge is 0.369 e. The highest BCUT2D eigenvalue weighted by molar-refractivity contribution is 5.91. The molecule has 2 N–H and O–H groups in total. The molecule has 1 unspecified atom stereocenters. The van der Waals surface area contributed by atoms with Crippen molar-refractivity contribution in [2.75, 3.05) is 34.2 Å². The third-order valence-electron chi connectivity index (χ3n) is 7.66. The highest BCUT2D eigenvalue weighted by atomic mass is 19.1. The Labute approximate surface area is 219 Å². The van der Waals surface area contributed by atoms with Crippen molar-refractivity contribution in [1.29, 1.82) is 0 Å². The van der Waals surface area contributed by atoms with Crippen molar-refractivity contribution in [3.63, 3.8) is 0 Å². The Morgan fingerprint density at radius 3 is 2.38 bits per heavy atom. The van der Waals surface area contributed by atoms with Crippen molar-refractivity contribution < 1.29 is 23.5 Å². The molecule has 4 amide bonds. The van der Waals surface area contributed by atoms with Gasteiger partial charge in [-0.25, -0.2) is 9.18 Å². The lowest BCUT2D eigenvalue weighted by Gasteiger charge is -2.39. The molecule has 5 atom stereocenters. The zero-order valence-electron chi connectivity index (χ0n) is 23.3. The first-order valence-corrected chi connectivity index (χ1v) is 12.8. The van der Waals surface area contributed by atoms with Gasteiger partial charge in [-0.1, -0.05) is 32.9 Å². The lowest BCUT2D eigenvalue weighted by atomic mass is 9.85. The Hall–Kier alpha value is -2.72. The van der Waals surface area contributed by atoms with E-state index in [9.17, 15) is 18.8 Å². The molecular weight excluding hydrogens is 477 g/mol. The van der Waals surface area contributed by atoms with Crippen LogP contribution in [0.2, 0.25) is 0 Å². The number of amides is 4. The van der Waals surface area contributed by atoms with Crippen LogP contribution in [-0.2, 0) is 20.9 Å². The Morgan fingerprint density at radius 1 is 1.22 bits per heavy atom. The van der Waals surface area contributed by atoms with E-state index < -0.39 is 35.2 Å². The van der Waals surface area contributed by atoms with Crippen LogP contribution in [0.15, 0.2) is 24.3 Å². The molecule has 2 saturated heterocycles. The Bertz CT molecular complexity index is 996. The summed E-state index contributed by atoms with van der Waals surface area (Å²) in [6, 6.07) is 4.35. The van der Waals surface area contributed by atoms with Gasteiger partial charge in [-0.2, -0.15) is 0 Å². The summed E-state index contributed by atoms with van der Waals surface area (Å²) in [5.41, 5.74) is -0.367. The number of fused-ring (bicyclic) bond motifs is 1. The molecule has 9 nitrogen and oxygen atoms in total. The maximum absolute atomic E-state index is 14.1. The number of ether oxygens (including phenoxy) is 1. The van der Waals surface area contributed by atoms with Gasteiger partial charge in [-0.15, -0.1) is 0 Å². The van der Waals surface area contributed by atoms with E-state index in [-0.39, 0.29) is 30.3 Å². The number of carbonyl (C=O) groups excluding carboxylic acids is 3. The maximum atomic E-state index is 14.1. The van der Waals surface area contributed by atoms with Gasteiger partial charge in [0.2, 0.25) is 11.8 Å². The van der Waals surface area contributed by atoms with E-state index in [1.165, 1.54) is 17.0 Å². The number of halogens is 1. The average molecular weight is 520 g/mol. The Morgan fingerprint density at radius 2 is 1.84 bits per heavy atom. The molecule has 0 aromatic heterocycles. The summed E-state index contributed by atoms with van der Waals surface area (Å²) in [5, 5.41) is 5.86. The third-order valence-corrected chi connectivity index (χ3v) is 7.66. The molecule has 3 rings (SSSR count). The predicted molar refractivity (Wildman–Crippen MR) is 139 cm³/mol. The summed E-state index contributed by atoms with van der Waals surface area (Å²) in [5.74, 6) is -0.763. The van der Waals surface area contributed by atoms with Crippen molar-refractivity contribution in [3.05, 3.63) is 35.6 Å². The standard InChI is InChI=1S/C27H42FN5O4/c1-17(29-6)23(34)30-21(26(2,3)4)24(35)32-14-13-27(5)22(32)20(15-33(27)25(36)31(7)8)37-16-18-9-11-19(28)12-10-18/h9-12,17,20-22,29H,13-16H2,1-8H3,(H,30,34)/t17-,20-,21+,22?,27+/m0/s1. The average Bonchev–Trinajstić information content (AvgIpc) is 3.32. The van der Waals surface area contributed by atoms with Crippen LogP contribution in [0.3, 0.4) is 0 Å².